The molecule has 0 atom stereocenters. The van der Waals surface area contributed by atoms with Gasteiger partial charge >= 0.3 is 0 Å². The Morgan fingerprint density at radius 2 is 2.17 bits per heavy atom. The summed E-state index contributed by atoms with van der Waals surface area (Å²) >= 11 is 12.4. The number of hydrogen-bond acceptors (Lipinski definition) is 2. The number of imidazole rings is 1. The molecule has 4 rings (SSSR count). The average molecular weight is 349 g/mol. The van der Waals surface area contributed by atoms with Crippen molar-refractivity contribution in [1.82, 2.24) is 19.4 Å². The number of carbonyl (C=O) groups excluding carboxylic acids is 1. The number of benzene rings is 1. The second kappa shape index (κ2) is 5.28. The van der Waals surface area contributed by atoms with E-state index in [1.807, 2.05) is 18.0 Å². The Morgan fingerprint density at radius 1 is 1.35 bits per heavy atom. The van der Waals surface area contributed by atoms with E-state index in [1.165, 1.54) is 0 Å². The summed E-state index contributed by atoms with van der Waals surface area (Å²) < 4.78 is 1.74. The van der Waals surface area contributed by atoms with Crippen LogP contribution in [-0.2, 0) is 20.0 Å². The molecule has 2 aromatic heterocycles. The van der Waals surface area contributed by atoms with E-state index in [0.29, 0.717) is 29.0 Å². The second-order valence-electron chi connectivity index (χ2n) is 5.70. The summed E-state index contributed by atoms with van der Waals surface area (Å²) in [6, 6.07) is 3.74. The van der Waals surface area contributed by atoms with E-state index in [0.717, 1.165) is 28.6 Å². The minimum Gasteiger partial charge on any atom is -0.357 e. The van der Waals surface area contributed by atoms with Gasteiger partial charge in [-0.2, -0.15) is 0 Å². The van der Waals surface area contributed by atoms with Crippen LogP contribution >= 0.6 is 23.2 Å². The van der Waals surface area contributed by atoms with Gasteiger partial charge in [0.2, 0.25) is 0 Å². The molecular formula is C16H14Cl2N4O. The van der Waals surface area contributed by atoms with Crippen molar-refractivity contribution in [2.45, 2.75) is 13.0 Å². The highest BCUT2D eigenvalue weighted by molar-refractivity contribution is 6.45. The predicted octanol–water partition coefficient (Wildman–Crippen LogP) is 3.41. The van der Waals surface area contributed by atoms with Crippen molar-refractivity contribution in [3.63, 3.8) is 0 Å². The Morgan fingerprint density at radius 3 is 2.91 bits per heavy atom. The molecule has 118 valence electrons. The van der Waals surface area contributed by atoms with Crippen LogP contribution in [0.25, 0.3) is 10.9 Å². The van der Waals surface area contributed by atoms with Crippen LogP contribution in [0.2, 0.25) is 10.0 Å². The van der Waals surface area contributed by atoms with Crippen LogP contribution in [0.4, 0.5) is 0 Å². The van der Waals surface area contributed by atoms with Crippen LogP contribution < -0.4 is 0 Å². The third kappa shape index (κ3) is 2.23. The van der Waals surface area contributed by atoms with Crippen LogP contribution in [-0.4, -0.2) is 31.9 Å². The minimum atomic E-state index is -0.0578. The van der Waals surface area contributed by atoms with E-state index in [9.17, 15) is 4.79 Å². The second-order valence-corrected chi connectivity index (χ2v) is 6.49. The lowest BCUT2D eigenvalue weighted by Crippen LogP contribution is -2.37. The Labute approximate surface area is 142 Å². The van der Waals surface area contributed by atoms with Gasteiger partial charge in [0.1, 0.15) is 0 Å². The molecule has 1 aromatic carbocycles. The van der Waals surface area contributed by atoms with E-state index < -0.39 is 0 Å². The largest absolute Gasteiger partial charge is 0.357 e. The molecule has 0 unspecified atom stereocenters. The molecule has 7 heteroatoms. The zero-order valence-corrected chi connectivity index (χ0v) is 13.9. The van der Waals surface area contributed by atoms with Crippen LogP contribution in [0.1, 0.15) is 21.9 Å². The third-order valence-electron chi connectivity index (χ3n) is 4.34. The lowest BCUT2D eigenvalue weighted by atomic mass is 10.0. The number of nitrogens with zero attached hydrogens (tertiary/aromatic N) is 3. The third-order valence-corrected chi connectivity index (χ3v) is 5.14. The number of hydrogen-bond donors (Lipinski definition) is 1. The molecule has 0 spiro atoms. The van der Waals surface area contributed by atoms with E-state index in [1.54, 1.807) is 23.0 Å². The highest BCUT2D eigenvalue weighted by atomic mass is 35.5. The van der Waals surface area contributed by atoms with Gasteiger partial charge < -0.3 is 14.5 Å². The first-order valence-corrected chi connectivity index (χ1v) is 8.06. The SMILES string of the molecule is Cn1ccnc1C(=O)N1CCc2[nH]c3c(Cl)c(Cl)ccc3c2C1. The first kappa shape index (κ1) is 14.6. The summed E-state index contributed by atoms with van der Waals surface area (Å²) in [5.74, 6) is 0.395. The summed E-state index contributed by atoms with van der Waals surface area (Å²) in [5.41, 5.74) is 3.07. The van der Waals surface area contributed by atoms with Crippen molar-refractivity contribution in [2.75, 3.05) is 6.54 Å². The molecule has 1 amide bonds. The van der Waals surface area contributed by atoms with Gasteiger partial charge in [-0.3, -0.25) is 4.79 Å². The van der Waals surface area contributed by atoms with Crippen molar-refractivity contribution in [2.24, 2.45) is 7.05 Å². The Bertz CT molecular complexity index is 928. The zero-order chi connectivity index (χ0) is 16.1. The number of aromatic nitrogens is 3. The number of amides is 1. The molecule has 0 aliphatic carbocycles. The molecule has 1 aliphatic heterocycles. The molecular weight excluding hydrogens is 335 g/mol. The molecule has 3 aromatic rings. The van der Waals surface area contributed by atoms with E-state index in [-0.39, 0.29) is 5.91 Å². The molecule has 23 heavy (non-hydrogen) atoms. The van der Waals surface area contributed by atoms with Crippen molar-refractivity contribution >= 4 is 40.0 Å². The Kier molecular flexibility index (Phi) is 3.36. The molecule has 0 fully saturated rings. The molecule has 0 bridgehead atoms. The van der Waals surface area contributed by atoms with Crippen LogP contribution in [0.15, 0.2) is 24.5 Å². The highest BCUT2D eigenvalue weighted by Gasteiger charge is 2.27. The lowest BCUT2D eigenvalue weighted by Gasteiger charge is -2.27. The van der Waals surface area contributed by atoms with E-state index in [2.05, 4.69) is 9.97 Å². The van der Waals surface area contributed by atoms with E-state index >= 15 is 0 Å². The number of H-pyrrole nitrogens is 1. The summed E-state index contributed by atoms with van der Waals surface area (Å²) in [4.78, 5) is 22.0. The monoisotopic (exact) mass is 348 g/mol. The molecule has 0 saturated carbocycles. The molecule has 0 saturated heterocycles. The first-order chi connectivity index (χ1) is 11.1. The number of rotatable bonds is 1. The van der Waals surface area contributed by atoms with Gasteiger partial charge in [-0.15, -0.1) is 0 Å². The maximum Gasteiger partial charge on any atom is 0.290 e. The molecule has 3 heterocycles. The number of aryl methyl sites for hydroxylation is 1. The standard InChI is InChI=1S/C16H14Cl2N4O/c1-21-7-5-19-15(21)16(23)22-6-4-12-10(8-22)9-2-3-11(17)13(18)14(9)20-12/h2-3,5,7,20H,4,6,8H2,1H3. The van der Waals surface area contributed by atoms with Gasteiger partial charge in [-0.05, 0) is 6.07 Å². The van der Waals surface area contributed by atoms with Crippen LogP contribution in [0, 0.1) is 0 Å². The van der Waals surface area contributed by atoms with Gasteiger partial charge in [0.25, 0.3) is 5.91 Å². The molecule has 5 nitrogen and oxygen atoms in total. The Hall–Kier alpha value is -1.98. The number of aromatic amines is 1. The maximum atomic E-state index is 12.7. The normalized spacial score (nSPS) is 14.3. The quantitative estimate of drug-likeness (QED) is 0.732. The first-order valence-electron chi connectivity index (χ1n) is 7.30. The van der Waals surface area contributed by atoms with Gasteiger partial charge in [0.15, 0.2) is 5.82 Å². The zero-order valence-electron chi connectivity index (χ0n) is 12.4. The lowest BCUT2D eigenvalue weighted by molar-refractivity contribution is 0.0719. The highest BCUT2D eigenvalue weighted by Crippen LogP contribution is 2.35. The smallest absolute Gasteiger partial charge is 0.290 e. The van der Waals surface area contributed by atoms with Crippen molar-refractivity contribution in [3.8, 4) is 0 Å². The van der Waals surface area contributed by atoms with Crippen molar-refractivity contribution < 1.29 is 4.79 Å². The van der Waals surface area contributed by atoms with E-state index in [4.69, 9.17) is 23.2 Å². The fourth-order valence-corrected chi connectivity index (χ4v) is 3.48. The number of fused-ring (bicyclic) bond motifs is 3. The number of nitrogens with one attached hydrogen (secondary N) is 1. The van der Waals surface area contributed by atoms with Crippen molar-refractivity contribution in [3.05, 3.63) is 51.7 Å². The fraction of sp³-hybridized carbons (Fsp3) is 0.250. The van der Waals surface area contributed by atoms with Gasteiger partial charge in [-0.25, -0.2) is 4.98 Å². The van der Waals surface area contributed by atoms with Gasteiger partial charge in [0.05, 0.1) is 15.6 Å². The number of carbonyl (C=O) groups is 1. The fourth-order valence-electron chi connectivity index (χ4n) is 3.11. The van der Waals surface area contributed by atoms with Gasteiger partial charge in [0, 0.05) is 55.6 Å². The average Bonchev–Trinajstić information content (AvgIpc) is 3.13. The molecule has 1 N–H and O–H groups in total. The molecule has 0 radical (unpaired) electrons. The Balaban J connectivity index is 1.73. The topological polar surface area (TPSA) is 53.9 Å². The van der Waals surface area contributed by atoms with Crippen LogP contribution in [0.3, 0.4) is 0 Å². The van der Waals surface area contributed by atoms with Crippen molar-refractivity contribution in [1.29, 1.82) is 0 Å². The number of halogens is 2. The summed E-state index contributed by atoms with van der Waals surface area (Å²) in [6.07, 6.45) is 4.17. The van der Waals surface area contributed by atoms with Crippen LogP contribution in [0.5, 0.6) is 0 Å². The predicted molar refractivity (Wildman–Crippen MR) is 90.0 cm³/mol. The summed E-state index contributed by atoms with van der Waals surface area (Å²) in [6.45, 7) is 1.19. The molecule has 1 aliphatic rings. The summed E-state index contributed by atoms with van der Waals surface area (Å²) in [5, 5.41) is 2.07. The van der Waals surface area contributed by atoms with Gasteiger partial charge in [-0.1, -0.05) is 29.3 Å². The maximum absolute atomic E-state index is 12.7. The summed E-state index contributed by atoms with van der Waals surface area (Å²) in [7, 11) is 1.82. The minimum absolute atomic E-state index is 0.0578.